The molecule has 1 aliphatic heterocycles. The fraction of sp³-hybridized carbons (Fsp3) is 0.387. The van der Waals surface area contributed by atoms with E-state index in [4.69, 9.17) is 26.8 Å². The van der Waals surface area contributed by atoms with Crippen LogP contribution in [0.5, 0.6) is 5.75 Å². The van der Waals surface area contributed by atoms with Crippen LogP contribution in [0.4, 0.5) is 14.5 Å². The first-order chi connectivity index (χ1) is 19.2. The summed E-state index contributed by atoms with van der Waals surface area (Å²) in [6.45, 7) is 3.61. The molecule has 7 nitrogen and oxygen atoms in total. The third-order valence-corrected chi connectivity index (χ3v) is 8.14. The molecule has 1 aliphatic rings. The maximum absolute atomic E-state index is 13.6. The summed E-state index contributed by atoms with van der Waals surface area (Å²) < 4.78 is 38.3. The number of benzene rings is 3. The van der Waals surface area contributed by atoms with E-state index in [2.05, 4.69) is 17.1 Å². The molecule has 5 N–H and O–H groups in total. The number of hydrogen-bond donors (Lipinski definition) is 2. The van der Waals surface area contributed by atoms with Crippen LogP contribution >= 0.6 is 11.6 Å². The monoisotopic (exact) mass is 589 g/mol. The fourth-order valence-electron chi connectivity index (χ4n) is 5.41. The topological polar surface area (TPSA) is 108 Å². The van der Waals surface area contributed by atoms with Gasteiger partial charge in [-0.25, -0.2) is 8.78 Å². The minimum Gasteiger partial charge on any atom is -0.496 e. The molecule has 1 amide bonds. The molecule has 1 unspecified atom stereocenters. The number of likely N-dealkylation sites (tertiary alicyclic amines) is 1. The quantitative estimate of drug-likeness (QED) is 0.316. The van der Waals surface area contributed by atoms with Crippen molar-refractivity contribution < 1.29 is 28.5 Å². The summed E-state index contributed by atoms with van der Waals surface area (Å²) in [6.07, 6.45) is 2.18. The van der Waals surface area contributed by atoms with Gasteiger partial charge in [-0.3, -0.25) is 9.69 Å². The third-order valence-electron chi connectivity index (χ3n) is 7.81. The minimum atomic E-state index is -0.297. The first kappa shape index (κ1) is 32.3. The number of carbonyl (C=O) groups is 1. The number of nitrogens with zero attached hydrogens (tertiary/aromatic N) is 1. The van der Waals surface area contributed by atoms with E-state index in [1.54, 1.807) is 37.4 Å². The summed E-state index contributed by atoms with van der Waals surface area (Å²) in [5.41, 5.74) is 8.51. The molecular formula is C31H38ClF2N3O4. The second-order valence-electron chi connectivity index (χ2n) is 10.3. The zero-order valence-corrected chi connectivity index (χ0v) is 24.3. The van der Waals surface area contributed by atoms with Gasteiger partial charge in [0.2, 0.25) is 0 Å². The molecule has 3 aromatic carbocycles. The molecule has 3 aromatic rings. The van der Waals surface area contributed by atoms with Crippen LogP contribution in [0, 0.1) is 11.6 Å². The van der Waals surface area contributed by atoms with Crippen molar-refractivity contribution in [3.8, 4) is 5.75 Å². The Kier molecular flexibility index (Phi) is 11.5. The van der Waals surface area contributed by atoms with Crippen LogP contribution in [0.1, 0.15) is 53.6 Å². The summed E-state index contributed by atoms with van der Waals surface area (Å²) in [7, 11) is 3.13. The lowest BCUT2D eigenvalue weighted by molar-refractivity contribution is -0.00660. The number of amides is 1. The molecule has 0 radical (unpaired) electrons. The first-order valence-electron chi connectivity index (χ1n) is 13.4. The molecule has 1 heterocycles. The Morgan fingerprint density at radius 3 is 2.17 bits per heavy atom. The van der Waals surface area contributed by atoms with E-state index in [1.165, 1.54) is 37.4 Å². The average molecular weight is 590 g/mol. The largest absolute Gasteiger partial charge is 0.496 e. The van der Waals surface area contributed by atoms with Gasteiger partial charge in [0.05, 0.1) is 35.5 Å². The molecule has 3 atom stereocenters. The van der Waals surface area contributed by atoms with Gasteiger partial charge in [-0.05, 0) is 67.6 Å². The van der Waals surface area contributed by atoms with E-state index < -0.39 is 0 Å². The van der Waals surface area contributed by atoms with Gasteiger partial charge < -0.3 is 26.0 Å². The molecule has 10 heteroatoms. The number of nitrogens with one attached hydrogen (secondary N) is 1. The molecule has 222 valence electrons. The lowest BCUT2D eigenvalue weighted by Gasteiger charge is -2.41. The summed E-state index contributed by atoms with van der Waals surface area (Å²) in [5, 5.41) is 3.38. The standard InChI is InChI=1S/C31H36ClF2N3O3.H2O/c1-19(4-13-24(20-5-9-22(33)10-6-20)21-7-11-23(34)12-8-21)37-15-14-28(30(18-37)40-3)36-31(38)25-16-26(32)27(35)17-29(25)39-2;/h5-12,16-17,19,24,28,30H,4,13-15,18,35H2,1-3H3,(H,36,38);1H2/t19?,28-,30+;/m0./s1. The van der Waals surface area contributed by atoms with Crippen molar-refractivity contribution in [1.82, 2.24) is 10.2 Å². The number of hydrogen-bond acceptors (Lipinski definition) is 5. The van der Waals surface area contributed by atoms with Gasteiger partial charge in [0.1, 0.15) is 17.4 Å². The molecule has 0 aliphatic carbocycles. The normalized spacial score (nSPS) is 18.0. The highest BCUT2D eigenvalue weighted by atomic mass is 35.5. The van der Waals surface area contributed by atoms with Gasteiger partial charge in [0.15, 0.2) is 0 Å². The Bertz CT molecular complexity index is 1250. The van der Waals surface area contributed by atoms with Crippen LogP contribution in [0.15, 0.2) is 60.7 Å². The van der Waals surface area contributed by atoms with Crippen LogP contribution in [0.25, 0.3) is 0 Å². The van der Waals surface area contributed by atoms with Gasteiger partial charge in [0, 0.05) is 38.2 Å². The van der Waals surface area contributed by atoms with Gasteiger partial charge in [-0.1, -0.05) is 35.9 Å². The van der Waals surface area contributed by atoms with E-state index in [1.807, 2.05) is 0 Å². The number of rotatable bonds is 10. The van der Waals surface area contributed by atoms with E-state index in [9.17, 15) is 13.6 Å². The molecule has 41 heavy (non-hydrogen) atoms. The number of carbonyl (C=O) groups excluding carboxylic acids is 1. The van der Waals surface area contributed by atoms with Crippen LogP contribution in [0.3, 0.4) is 0 Å². The van der Waals surface area contributed by atoms with Crippen molar-refractivity contribution in [3.63, 3.8) is 0 Å². The van der Waals surface area contributed by atoms with Crippen LogP contribution < -0.4 is 15.8 Å². The van der Waals surface area contributed by atoms with Crippen LogP contribution in [0.2, 0.25) is 5.02 Å². The first-order valence-corrected chi connectivity index (χ1v) is 13.8. The number of ether oxygens (including phenoxy) is 2. The van der Waals surface area contributed by atoms with Gasteiger partial charge in [-0.15, -0.1) is 0 Å². The molecule has 0 aromatic heterocycles. The van der Waals surface area contributed by atoms with E-state index in [0.717, 1.165) is 30.5 Å². The molecule has 1 fully saturated rings. The number of halogens is 3. The van der Waals surface area contributed by atoms with E-state index in [0.29, 0.717) is 30.0 Å². The second kappa shape index (κ2) is 14.6. The highest BCUT2D eigenvalue weighted by Crippen LogP contribution is 2.32. The smallest absolute Gasteiger partial charge is 0.255 e. The maximum Gasteiger partial charge on any atom is 0.255 e. The summed E-state index contributed by atoms with van der Waals surface area (Å²) >= 11 is 6.16. The number of anilines is 1. The number of nitrogen functional groups attached to an aromatic ring is 1. The van der Waals surface area contributed by atoms with Crippen molar-refractivity contribution in [2.75, 3.05) is 33.0 Å². The summed E-state index contributed by atoms with van der Waals surface area (Å²) in [5.74, 6) is -0.493. The molecule has 1 saturated heterocycles. The Hall–Kier alpha value is -3.24. The van der Waals surface area contributed by atoms with Crippen molar-refractivity contribution in [3.05, 3.63) is 94.0 Å². The Morgan fingerprint density at radius 1 is 1.05 bits per heavy atom. The Balaban J connectivity index is 0.00000462. The molecule has 4 rings (SSSR count). The average Bonchev–Trinajstić information content (AvgIpc) is 2.96. The lowest BCUT2D eigenvalue weighted by atomic mass is 9.86. The van der Waals surface area contributed by atoms with E-state index >= 15 is 0 Å². The zero-order chi connectivity index (χ0) is 28.8. The maximum atomic E-state index is 13.6. The highest BCUT2D eigenvalue weighted by molar-refractivity contribution is 6.33. The second-order valence-corrected chi connectivity index (χ2v) is 10.7. The van der Waals surface area contributed by atoms with Crippen molar-refractivity contribution >= 4 is 23.2 Å². The van der Waals surface area contributed by atoms with Crippen molar-refractivity contribution in [2.45, 2.75) is 50.3 Å². The number of piperidine rings is 1. The van der Waals surface area contributed by atoms with Crippen molar-refractivity contribution in [2.24, 2.45) is 0 Å². The number of methoxy groups -OCH3 is 2. The van der Waals surface area contributed by atoms with Gasteiger partial charge in [0.25, 0.3) is 5.91 Å². The molecule has 0 spiro atoms. The van der Waals surface area contributed by atoms with Crippen LogP contribution in [-0.4, -0.2) is 61.8 Å². The zero-order valence-electron chi connectivity index (χ0n) is 23.5. The minimum absolute atomic E-state index is 0. The summed E-state index contributed by atoms with van der Waals surface area (Å²) in [6, 6.07) is 16.1. The van der Waals surface area contributed by atoms with Crippen molar-refractivity contribution in [1.29, 1.82) is 0 Å². The predicted octanol–water partition coefficient (Wildman–Crippen LogP) is 5.20. The summed E-state index contributed by atoms with van der Waals surface area (Å²) in [4.78, 5) is 15.5. The Morgan fingerprint density at radius 2 is 1.63 bits per heavy atom. The van der Waals surface area contributed by atoms with Gasteiger partial charge in [-0.2, -0.15) is 0 Å². The van der Waals surface area contributed by atoms with Gasteiger partial charge >= 0.3 is 0 Å². The highest BCUT2D eigenvalue weighted by Gasteiger charge is 2.33. The third kappa shape index (κ3) is 7.95. The molecule has 0 bridgehead atoms. The lowest BCUT2D eigenvalue weighted by Crippen LogP contribution is -2.56. The molecule has 0 saturated carbocycles. The molecular weight excluding hydrogens is 552 g/mol. The van der Waals surface area contributed by atoms with E-state index in [-0.39, 0.29) is 52.1 Å². The van der Waals surface area contributed by atoms with Crippen LogP contribution in [-0.2, 0) is 4.74 Å². The predicted molar refractivity (Wildman–Crippen MR) is 158 cm³/mol. The SMILES string of the molecule is COc1cc(N)c(Cl)cc1C(=O)N[C@H]1CCN(C(C)CCC(c2ccc(F)cc2)c2ccc(F)cc2)C[C@H]1OC.O. The fourth-order valence-corrected chi connectivity index (χ4v) is 5.58. The Labute approximate surface area is 244 Å². The number of nitrogens with two attached hydrogens (primary N) is 1.